The summed E-state index contributed by atoms with van der Waals surface area (Å²) in [6, 6.07) is 0. The molecular weight excluding hydrogens is 204 g/mol. The van der Waals surface area contributed by atoms with E-state index >= 15 is 0 Å². The zero-order valence-electron chi connectivity index (χ0n) is 7.64. The zero-order valence-corrected chi connectivity index (χ0v) is 8.40. The van der Waals surface area contributed by atoms with Crippen LogP contribution in [0.2, 0.25) is 5.15 Å². The van der Waals surface area contributed by atoms with Gasteiger partial charge >= 0.3 is 0 Å². The monoisotopic (exact) mass is 212 g/mol. The number of halogens is 1. The number of aromatic nitrogens is 4. The lowest BCUT2D eigenvalue weighted by molar-refractivity contribution is 0.184. The molecule has 0 aliphatic rings. The van der Waals surface area contributed by atoms with Gasteiger partial charge in [0, 0.05) is 7.11 Å². The molecule has 0 fully saturated rings. The highest BCUT2D eigenvalue weighted by Crippen LogP contribution is 2.11. The summed E-state index contributed by atoms with van der Waals surface area (Å²) in [4.78, 5) is 8.23. The Morgan fingerprint density at radius 3 is 3.14 bits per heavy atom. The molecule has 2 aromatic rings. The largest absolute Gasteiger partial charge is 0.383 e. The minimum atomic E-state index is 0.372. The second-order valence-corrected chi connectivity index (χ2v) is 3.15. The molecule has 2 rings (SSSR count). The Balaban J connectivity index is 2.40. The molecule has 6 heteroatoms. The van der Waals surface area contributed by atoms with Gasteiger partial charge in [0.05, 0.1) is 25.5 Å². The number of methoxy groups -OCH3 is 1. The highest BCUT2D eigenvalue weighted by molar-refractivity contribution is 6.29. The molecule has 0 saturated carbocycles. The summed E-state index contributed by atoms with van der Waals surface area (Å²) in [7, 11) is 1.64. The molecule has 5 nitrogen and oxygen atoms in total. The van der Waals surface area contributed by atoms with E-state index in [9.17, 15) is 0 Å². The average molecular weight is 213 g/mol. The number of hydrogen-bond acceptors (Lipinski definition) is 4. The van der Waals surface area contributed by atoms with Gasteiger partial charge in [0.25, 0.3) is 0 Å². The standard InChI is InChI=1S/C8H9ClN4O/c1-14-3-2-13-8-6(4-11-13)10-5-7(9)12-8/h4-5H,2-3H2,1H3. The lowest BCUT2D eigenvalue weighted by Crippen LogP contribution is -2.06. The van der Waals surface area contributed by atoms with E-state index in [2.05, 4.69) is 15.1 Å². The highest BCUT2D eigenvalue weighted by atomic mass is 35.5. The second-order valence-electron chi connectivity index (χ2n) is 2.76. The summed E-state index contributed by atoms with van der Waals surface area (Å²) in [6.07, 6.45) is 3.17. The van der Waals surface area contributed by atoms with E-state index in [0.717, 1.165) is 5.52 Å². The van der Waals surface area contributed by atoms with Gasteiger partial charge in [0.2, 0.25) is 0 Å². The smallest absolute Gasteiger partial charge is 0.178 e. The van der Waals surface area contributed by atoms with E-state index < -0.39 is 0 Å². The van der Waals surface area contributed by atoms with E-state index in [1.54, 1.807) is 18.0 Å². The molecule has 0 saturated heterocycles. The van der Waals surface area contributed by atoms with Gasteiger partial charge in [-0.3, -0.25) is 0 Å². The van der Waals surface area contributed by atoms with E-state index in [1.807, 2.05) is 0 Å². The van der Waals surface area contributed by atoms with Crippen molar-refractivity contribution in [3.8, 4) is 0 Å². The van der Waals surface area contributed by atoms with Gasteiger partial charge in [0.1, 0.15) is 10.7 Å². The predicted octanol–water partition coefficient (Wildman–Crippen LogP) is 1.13. The first kappa shape index (κ1) is 9.36. The molecule has 0 spiro atoms. The molecule has 0 atom stereocenters. The van der Waals surface area contributed by atoms with Crippen LogP contribution in [0, 0.1) is 0 Å². The topological polar surface area (TPSA) is 52.8 Å². The fraction of sp³-hybridized carbons (Fsp3) is 0.375. The Hall–Kier alpha value is -1.20. The van der Waals surface area contributed by atoms with Crippen LogP contribution in [-0.4, -0.2) is 33.5 Å². The summed E-state index contributed by atoms with van der Waals surface area (Å²) >= 11 is 5.74. The van der Waals surface area contributed by atoms with Crippen LogP contribution < -0.4 is 0 Å². The fourth-order valence-corrected chi connectivity index (χ4v) is 1.30. The summed E-state index contributed by atoms with van der Waals surface area (Å²) in [5, 5.41) is 4.50. The molecule has 0 unspecified atom stereocenters. The van der Waals surface area contributed by atoms with E-state index in [1.165, 1.54) is 6.20 Å². The first-order valence-electron chi connectivity index (χ1n) is 4.14. The lowest BCUT2D eigenvalue weighted by atomic mass is 10.5. The summed E-state index contributed by atoms with van der Waals surface area (Å²) in [5.41, 5.74) is 1.43. The Labute approximate surface area is 85.7 Å². The zero-order chi connectivity index (χ0) is 9.97. The number of nitrogens with zero attached hydrogens (tertiary/aromatic N) is 4. The van der Waals surface area contributed by atoms with Crippen molar-refractivity contribution in [1.82, 2.24) is 19.7 Å². The maximum absolute atomic E-state index is 5.74. The van der Waals surface area contributed by atoms with Gasteiger partial charge < -0.3 is 4.74 Å². The van der Waals surface area contributed by atoms with Gasteiger partial charge in [-0.05, 0) is 0 Å². The van der Waals surface area contributed by atoms with Crippen LogP contribution in [0.25, 0.3) is 11.2 Å². The molecule has 0 N–H and O–H groups in total. The number of hydrogen-bond donors (Lipinski definition) is 0. The lowest BCUT2D eigenvalue weighted by Gasteiger charge is -2.00. The first-order chi connectivity index (χ1) is 6.81. The Kier molecular flexibility index (Phi) is 2.60. The van der Waals surface area contributed by atoms with Crippen LogP contribution in [0.3, 0.4) is 0 Å². The van der Waals surface area contributed by atoms with E-state index in [-0.39, 0.29) is 0 Å². The Bertz CT molecular complexity index is 442. The maximum Gasteiger partial charge on any atom is 0.178 e. The normalized spacial score (nSPS) is 11.0. The van der Waals surface area contributed by atoms with Crippen LogP contribution in [0.15, 0.2) is 12.4 Å². The van der Waals surface area contributed by atoms with Crippen molar-refractivity contribution in [2.24, 2.45) is 0 Å². The Morgan fingerprint density at radius 2 is 2.36 bits per heavy atom. The number of fused-ring (bicyclic) bond motifs is 1. The molecule has 0 amide bonds. The third kappa shape index (κ3) is 1.69. The van der Waals surface area contributed by atoms with Gasteiger partial charge in [-0.1, -0.05) is 11.6 Å². The van der Waals surface area contributed by atoms with Crippen LogP contribution in [0.1, 0.15) is 0 Å². The van der Waals surface area contributed by atoms with Gasteiger partial charge in [-0.2, -0.15) is 5.10 Å². The molecule has 74 valence electrons. The van der Waals surface area contributed by atoms with E-state index in [0.29, 0.717) is 24.0 Å². The quantitative estimate of drug-likeness (QED) is 0.765. The second kappa shape index (κ2) is 3.89. The van der Waals surface area contributed by atoms with Crippen molar-refractivity contribution in [1.29, 1.82) is 0 Å². The minimum Gasteiger partial charge on any atom is -0.383 e. The molecule has 0 radical (unpaired) electrons. The van der Waals surface area contributed by atoms with Crippen LogP contribution >= 0.6 is 11.6 Å². The van der Waals surface area contributed by atoms with Crippen molar-refractivity contribution in [2.45, 2.75) is 6.54 Å². The molecule has 2 heterocycles. The molecule has 0 bridgehead atoms. The average Bonchev–Trinajstić information content (AvgIpc) is 2.57. The summed E-state index contributed by atoms with van der Waals surface area (Å²) < 4.78 is 6.67. The van der Waals surface area contributed by atoms with Crippen molar-refractivity contribution < 1.29 is 4.74 Å². The van der Waals surface area contributed by atoms with Crippen LogP contribution in [-0.2, 0) is 11.3 Å². The molecular formula is C8H9ClN4O. The maximum atomic E-state index is 5.74. The number of rotatable bonds is 3. The fourth-order valence-electron chi connectivity index (χ4n) is 1.17. The number of ether oxygens (including phenoxy) is 1. The summed E-state index contributed by atoms with van der Waals surface area (Å²) in [6.45, 7) is 1.24. The third-order valence-corrected chi connectivity index (χ3v) is 2.01. The first-order valence-corrected chi connectivity index (χ1v) is 4.52. The van der Waals surface area contributed by atoms with Crippen LogP contribution in [0.4, 0.5) is 0 Å². The minimum absolute atomic E-state index is 0.372. The highest BCUT2D eigenvalue weighted by Gasteiger charge is 2.05. The van der Waals surface area contributed by atoms with Gasteiger partial charge in [0.15, 0.2) is 5.65 Å². The molecule has 2 aromatic heterocycles. The van der Waals surface area contributed by atoms with Crippen molar-refractivity contribution in [3.05, 3.63) is 17.5 Å². The third-order valence-electron chi connectivity index (χ3n) is 1.82. The van der Waals surface area contributed by atoms with Gasteiger partial charge in [-0.25, -0.2) is 14.6 Å². The molecule has 0 aromatic carbocycles. The molecule has 0 aliphatic carbocycles. The van der Waals surface area contributed by atoms with Gasteiger partial charge in [-0.15, -0.1) is 0 Å². The SMILES string of the molecule is COCCn1ncc2ncc(Cl)nc21. The summed E-state index contributed by atoms with van der Waals surface area (Å²) in [5.74, 6) is 0. The molecule has 0 aliphatic heterocycles. The Morgan fingerprint density at radius 1 is 1.50 bits per heavy atom. The van der Waals surface area contributed by atoms with Crippen molar-refractivity contribution >= 4 is 22.8 Å². The van der Waals surface area contributed by atoms with E-state index in [4.69, 9.17) is 16.3 Å². The predicted molar refractivity (Wildman–Crippen MR) is 52.2 cm³/mol. The van der Waals surface area contributed by atoms with Crippen molar-refractivity contribution in [2.75, 3.05) is 13.7 Å². The molecule has 14 heavy (non-hydrogen) atoms. The van der Waals surface area contributed by atoms with Crippen LogP contribution in [0.5, 0.6) is 0 Å². The van der Waals surface area contributed by atoms with Crippen molar-refractivity contribution in [3.63, 3.8) is 0 Å².